The molecule has 1 aromatic carbocycles. The van der Waals surface area contributed by atoms with Gasteiger partial charge < -0.3 is 47.4 Å². The zero-order valence-electron chi connectivity index (χ0n) is 26.6. The van der Waals surface area contributed by atoms with E-state index in [1.165, 1.54) is 0 Å². The first kappa shape index (κ1) is 41.3. The van der Waals surface area contributed by atoms with Crippen LogP contribution in [0.15, 0.2) is 30.3 Å². The predicted octanol–water partition coefficient (Wildman–Crippen LogP) is 3.36. The molecule has 0 atom stereocenters. The molecule has 0 bridgehead atoms. The fourth-order valence-electron chi connectivity index (χ4n) is 3.48. The third kappa shape index (κ3) is 28.3. The van der Waals surface area contributed by atoms with Gasteiger partial charge >= 0.3 is 5.97 Å². The van der Waals surface area contributed by atoms with E-state index in [1.54, 1.807) is 30.3 Å². The molecule has 13 heteroatoms. The molecule has 0 aromatic heterocycles. The van der Waals surface area contributed by atoms with E-state index < -0.39 is 11.8 Å². The van der Waals surface area contributed by atoms with Gasteiger partial charge in [-0.05, 0) is 12.8 Å². The van der Waals surface area contributed by atoms with E-state index in [4.69, 9.17) is 59.0 Å². The highest BCUT2D eigenvalue weighted by Gasteiger charge is 2.17. The maximum absolute atomic E-state index is 11.9. The van der Waals surface area contributed by atoms with Crippen molar-refractivity contribution in [3.05, 3.63) is 35.9 Å². The van der Waals surface area contributed by atoms with Gasteiger partial charge in [0.25, 0.3) is 5.78 Å². The number of esters is 1. The Morgan fingerprint density at radius 1 is 0.422 bits per heavy atom. The molecule has 45 heavy (non-hydrogen) atoms. The summed E-state index contributed by atoms with van der Waals surface area (Å²) in [5.41, 5.74) is 0.297. The standard InChI is InChI=1S/C32H53ClO12/c33-10-6-1-2-7-11-36-12-13-37-14-15-38-16-17-39-18-19-40-20-21-41-22-23-42-24-25-43-26-27-44-28-29-45-32(35)31(34)30-8-4-3-5-9-30/h3-5,8-9H,1-2,6-7,10-29H2. The van der Waals surface area contributed by atoms with Gasteiger partial charge in [-0.1, -0.05) is 43.2 Å². The Morgan fingerprint density at radius 3 is 1.13 bits per heavy atom. The normalized spacial score (nSPS) is 11.2. The van der Waals surface area contributed by atoms with E-state index in [2.05, 4.69) is 0 Å². The van der Waals surface area contributed by atoms with Crippen LogP contribution in [0.1, 0.15) is 36.0 Å². The Labute approximate surface area is 273 Å². The zero-order chi connectivity index (χ0) is 32.3. The monoisotopic (exact) mass is 664 g/mol. The van der Waals surface area contributed by atoms with Crippen molar-refractivity contribution >= 4 is 23.4 Å². The molecule has 0 spiro atoms. The number of hydrogen-bond donors (Lipinski definition) is 0. The van der Waals surface area contributed by atoms with Crippen LogP contribution >= 0.6 is 11.6 Å². The summed E-state index contributed by atoms with van der Waals surface area (Å²) in [6, 6.07) is 8.26. The molecule has 0 unspecified atom stereocenters. The van der Waals surface area contributed by atoms with E-state index >= 15 is 0 Å². The van der Waals surface area contributed by atoms with E-state index in [0.717, 1.165) is 38.2 Å². The third-order valence-corrected chi connectivity index (χ3v) is 6.10. The van der Waals surface area contributed by atoms with Crippen LogP contribution in [0.3, 0.4) is 0 Å². The van der Waals surface area contributed by atoms with Crippen molar-refractivity contribution in [2.24, 2.45) is 0 Å². The predicted molar refractivity (Wildman–Crippen MR) is 168 cm³/mol. The number of carbonyl (C=O) groups is 2. The summed E-state index contributed by atoms with van der Waals surface area (Å²) >= 11 is 5.65. The van der Waals surface area contributed by atoms with Gasteiger partial charge in [0.05, 0.1) is 112 Å². The van der Waals surface area contributed by atoms with Gasteiger partial charge in [0.1, 0.15) is 6.61 Å². The SMILES string of the molecule is O=C(OCCOCCOCCOCCOCCOCCOCCOCCOCCOCCCCCCCl)C(=O)c1ccccc1. The second kappa shape index (κ2) is 33.6. The van der Waals surface area contributed by atoms with Crippen LogP contribution < -0.4 is 0 Å². The fourth-order valence-corrected chi connectivity index (χ4v) is 3.67. The molecule has 0 fully saturated rings. The molecule has 0 aliphatic carbocycles. The molecule has 0 amide bonds. The lowest BCUT2D eigenvalue weighted by atomic mass is 10.1. The number of alkyl halides is 1. The topological polar surface area (TPSA) is 126 Å². The maximum Gasteiger partial charge on any atom is 0.379 e. The summed E-state index contributed by atoms with van der Waals surface area (Å²) in [5, 5.41) is 0. The number of ketones is 1. The Bertz CT molecular complexity index is 787. The van der Waals surface area contributed by atoms with Gasteiger partial charge in [-0.2, -0.15) is 0 Å². The van der Waals surface area contributed by atoms with E-state index in [-0.39, 0.29) is 13.2 Å². The first-order chi connectivity index (χ1) is 22.3. The lowest BCUT2D eigenvalue weighted by Gasteiger charge is -2.09. The van der Waals surface area contributed by atoms with E-state index in [9.17, 15) is 9.59 Å². The summed E-state index contributed by atoms with van der Waals surface area (Å²) in [6.07, 6.45) is 4.47. The molecule has 12 nitrogen and oxygen atoms in total. The highest BCUT2D eigenvalue weighted by Crippen LogP contribution is 2.02. The van der Waals surface area contributed by atoms with Crippen molar-refractivity contribution in [3.63, 3.8) is 0 Å². The molecule has 0 saturated heterocycles. The molecule has 1 aromatic rings. The zero-order valence-corrected chi connectivity index (χ0v) is 27.4. The quantitative estimate of drug-likeness (QED) is 0.0347. The molecule has 0 N–H and O–H groups in total. The van der Waals surface area contributed by atoms with Gasteiger partial charge in [-0.25, -0.2) is 4.79 Å². The van der Waals surface area contributed by atoms with Crippen LogP contribution in [0.4, 0.5) is 0 Å². The molecule has 0 heterocycles. The molecule has 0 aliphatic rings. The molecule has 1 rings (SSSR count). The molecular formula is C32H53ClO12. The number of hydrogen-bond acceptors (Lipinski definition) is 12. The fraction of sp³-hybridized carbons (Fsp3) is 0.750. The van der Waals surface area contributed by atoms with Crippen LogP contribution in [-0.4, -0.2) is 143 Å². The number of carbonyl (C=O) groups excluding carboxylic acids is 2. The lowest BCUT2D eigenvalue weighted by Crippen LogP contribution is -2.20. The minimum Gasteiger partial charge on any atom is -0.457 e. The van der Waals surface area contributed by atoms with Crippen LogP contribution in [0, 0.1) is 0 Å². The van der Waals surface area contributed by atoms with Gasteiger partial charge in [0.15, 0.2) is 0 Å². The van der Waals surface area contributed by atoms with Gasteiger partial charge in [0.2, 0.25) is 0 Å². The summed E-state index contributed by atoms with van der Waals surface area (Å²) in [5.74, 6) is -0.831. The largest absolute Gasteiger partial charge is 0.457 e. The molecule has 0 saturated carbocycles. The molecular weight excluding hydrogens is 612 g/mol. The second-order valence-corrected chi connectivity index (χ2v) is 9.82. The minimum atomic E-state index is -0.895. The van der Waals surface area contributed by atoms with Gasteiger partial charge in [0, 0.05) is 18.1 Å². The second-order valence-electron chi connectivity index (χ2n) is 9.45. The van der Waals surface area contributed by atoms with Crippen LogP contribution in [0.5, 0.6) is 0 Å². The van der Waals surface area contributed by atoms with Crippen molar-refractivity contribution in [2.75, 3.05) is 131 Å². The highest BCUT2D eigenvalue weighted by molar-refractivity contribution is 6.40. The Morgan fingerprint density at radius 2 is 0.756 bits per heavy atom. The summed E-state index contributed by atoms with van der Waals surface area (Å²) < 4.78 is 53.9. The third-order valence-electron chi connectivity index (χ3n) is 5.83. The Kier molecular flexibility index (Phi) is 30.9. The number of rotatable bonds is 35. The summed E-state index contributed by atoms with van der Waals surface area (Å²) in [4.78, 5) is 23.6. The minimum absolute atomic E-state index is 0.000220. The van der Waals surface area contributed by atoms with Crippen molar-refractivity contribution in [3.8, 4) is 0 Å². The average Bonchev–Trinajstić information content (AvgIpc) is 3.06. The van der Waals surface area contributed by atoms with Gasteiger partial charge in [-0.15, -0.1) is 11.6 Å². The molecule has 0 radical (unpaired) electrons. The van der Waals surface area contributed by atoms with Gasteiger partial charge in [-0.3, -0.25) is 4.79 Å². The first-order valence-electron chi connectivity index (χ1n) is 15.8. The highest BCUT2D eigenvalue weighted by atomic mass is 35.5. The number of halogens is 1. The first-order valence-corrected chi connectivity index (χ1v) is 16.3. The Hall–Kier alpha value is -1.71. The summed E-state index contributed by atoms with van der Waals surface area (Å²) in [7, 11) is 0. The van der Waals surface area contributed by atoms with Crippen LogP contribution in [0.2, 0.25) is 0 Å². The van der Waals surface area contributed by atoms with E-state index in [0.29, 0.717) is 111 Å². The van der Waals surface area contributed by atoms with Crippen molar-refractivity contribution in [1.82, 2.24) is 0 Å². The molecule has 260 valence electrons. The number of Topliss-reactive ketones (excluding diaryl/α,β-unsaturated/α-hetero) is 1. The smallest absolute Gasteiger partial charge is 0.379 e. The van der Waals surface area contributed by atoms with Crippen molar-refractivity contribution in [1.29, 1.82) is 0 Å². The number of benzene rings is 1. The lowest BCUT2D eigenvalue weighted by molar-refractivity contribution is -0.139. The van der Waals surface area contributed by atoms with Crippen LogP contribution in [0.25, 0.3) is 0 Å². The van der Waals surface area contributed by atoms with Crippen molar-refractivity contribution < 1.29 is 57.0 Å². The van der Waals surface area contributed by atoms with Crippen LogP contribution in [-0.2, 0) is 52.2 Å². The number of unbranched alkanes of at least 4 members (excludes halogenated alkanes) is 3. The average molecular weight is 665 g/mol. The maximum atomic E-state index is 11.9. The molecule has 0 aliphatic heterocycles. The Balaban J connectivity index is 1.67. The van der Waals surface area contributed by atoms with Crippen molar-refractivity contribution in [2.45, 2.75) is 25.7 Å². The summed E-state index contributed by atoms with van der Waals surface area (Å²) in [6.45, 7) is 8.74. The van der Waals surface area contributed by atoms with E-state index in [1.807, 2.05) is 0 Å². The number of ether oxygens (including phenoxy) is 10.